The van der Waals surface area contributed by atoms with Gasteiger partial charge < -0.3 is 10.8 Å². The lowest BCUT2D eigenvalue weighted by molar-refractivity contribution is -0.413. The molecule has 2 nitrogen and oxygen atoms in total. The van der Waals surface area contributed by atoms with Gasteiger partial charge in [-0.1, -0.05) is 0 Å². The largest absolute Gasteiger partial charge is 0.395 e. The summed E-state index contributed by atoms with van der Waals surface area (Å²) in [7, 11) is 0. The van der Waals surface area contributed by atoms with E-state index in [1.807, 2.05) is 0 Å². The van der Waals surface area contributed by atoms with Crippen LogP contribution in [0.3, 0.4) is 0 Å². The Hall–Kier alpha value is -0.920. The number of rotatable bonds is 8. The highest BCUT2D eigenvalue weighted by molar-refractivity contribution is 5.09. The average Bonchev–Trinajstić information content (AvgIpc) is 2.36. The quantitative estimate of drug-likeness (QED) is 0.641. The SMILES string of the molecule is NC(CO)CC(F)(F)C(F)(F)C(F)(F)C(F)(F)C(F)(F)C(F)F. The maximum atomic E-state index is 13.1. The van der Waals surface area contributed by atoms with Crippen molar-refractivity contribution in [3.63, 3.8) is 0 Å². The van der Waals surface area contributed by atoms with Crippen molar-refractivity contribution in [2.75, 3.05) is 6.61 Å². The van der Waals surface area contributed by atoms with Crippen LogP contribution in [0.1, 0.15) is 6.42 Å². The van der Waals surface area contributed by atoms with Gasteiger partial charge in [0, 0.05) is 12.5 Å². The van der Waals surface area contributed by atoms with E-state index in [2.05, 4.69) is 5.73 Å². The molecule has 0 aliphatic heterocycles. The van der Waals surface area contributed by atoms with Gasteiger partial charge in [-0.2, -0.15) is 43.9 Å². The topological polar surface area (TPSA) is 46.2 Å². The van der Waals surface area contributed by atoms with Crippen LogP contribution < -0.4 is 5.73 Å². The minimum absolute atomic E-state index is 1.46. The molecule has 0 aromatic rings. The van der Waals surface area contributed by atoms with E-state index in [1.165, 1.54) is 0 Å². The molecule has 1 unspecified atom stereocenters. The molecule has 140 valence electrons. The Kier molecular flexibility index (Phi) is 5.93. The lowest BCUT2D eigenvalue weighted by atomic mass is 9.91. The average molecular weight is 375 g/mol. The maximum Gasteiger partial charge on any atom is 0.384 e. The van der Waals surface area contributed by atoms with Crippen LogP contribution in [0.4, 0.5) is 52.7 Å². The Morgan fingerprint density at radius 1 is 0.739 bits per heavy atom. The normalized spacial score (nSPS) is 16.8. The smallest absolute Gasteiger partial charge is 0.384 e. The van der Waals surface area contributed by atoms with Gasteiger partial charge in [-0.3, -0.25) is 0 Å². The van der Waals surface area contributed by atoms with Crippen LogP contribution in [0.25, 0.3) is 0 Å². The van der Waals surface area contributed by atoms with Gasteiger partial charge in [-0.05, 0) is 0 Å². The number of aliphatic hydroxyl groups excluding tert-OH is 1. The van der Waals surface area contributed by atoms with E-state index >= 15 is 0 Å². The van der Waals surface area contributed by atoms with E-state index in [0.29, 0.717) is 0 Å². The molecule has 0 saturated heterocycles. The van der Waals surface area contributed by atoms with E-state index < -0.39 is 55.1 Å². The molecule has 1 atom stereocenters. The van der Waals surface area contributed by atoms with Crippen LogP contribution in [0, 0.1) is 0 Å². The van der Waals surface area contributed by atoms with Gasteiger partial charge in [0.1, 0.15) is 0 Å². The number of alkyl halides is 12. The first-order valence-corrected chi connectivity index (χ1v) is 5.43. The van der Waals surface area contributed by atoms with Gasteiger partial charge in [0.05, 0.1) is 6.61 Å². The zero-order valence-corrected chi connectivity index (χ0v) is 10.6. The molecule has 3 N–H and O–H groups in total. The van der Waals surface area contributed by atoms with Gasteiger partial charge in [-0.15, -0.1) is 0 Å². The number of halogens is 12. The third kappa shape index (κ3) is 3.32. The van der Waals surface area contributed by atoms with Crippen molar-refractivity contribution < 1.29 is 57.8 Å². The van der Waals surface area contributed by atoms with Crippen molar-refractivity contribution >= 4 is 0 Å². The van der Waals surface area contributed by atoms with E-state index in [9.17, 15) is 52.7 Å². The summed E-state index contributed by atoms with van der Waals surface area (Å²) < 4.78 is 152. The summed E-state index contributed by atoms with van der Waals surface area (Å²) in [5, 5.41) is 8.27. The molecule has 0 rings (SSSR count). The summed E-state index contributed by atoms with van der Waals surface area (Å²) in [5.41, 5.74) is 4.58. The molecule has 23 heavy (non-hydrogen) atoms. The molecule has 0 aliphatic carbocycles. The highest BCUT2D eigenvalue weighted by Gasteiger charge is 2.87. The zero-order chi connectivity index (χ0) is 19.1. The van der Waals surface area contributed by atoms with E-state index in [1.54, 1.807) is 0 Å². The standard InChI is InChI=1S/C9H9F12NO/c10-4(11)6(14,15)8(18,19)9(20,21)7(16,17)5(12,13)1-3(22)2-23/h3-4,23H,1-2,22H2. The van der Waals surface area contributed by atoms with Crippen molar-refractivity contribution in [1.29, 1.82) is 0 Å². The Morgan fingerprint density at radius 2 is 1.13 bits per heavy atom. The van der Waals surface area contributed by atoms with E-state index in [4.69, 9.17) is 5.11 Å². The lowest BCUT2D eigenvalue weighted by Gasteiger charge is -2.39. The molecule has 0 heterocycles. The van der Waals surface area contributed by atoms with Gasteiger partial charge >= 0.3 is 36.0 Å². The maximum absolute atomic E-state index is 13.1. The van der Waals surface area contributed by atoms with Crippen LogP contribution in [0.15, 0.2) is 0 Å². The summed E-state index contributed by atoms with van der Waals surface area (Å²) in [6.07, 6.45) is -8.03. The summed E-state index contributed by atoms with van der Waals surface area (Å²) in [6.45, 7) is -1.46. The van der Waals surface area contributed by atoms with Gasteiger partial charge in [0.15, 0.2) is 0 Å². The van der Waals surface area contributed by atoms with Gasteiger partial charge in [0.2, 0.25) is 0 Å². The lowest BCUT2D eigenvalue weighted by Crippen LogP contribution is -2.69. The molecular weight excluding hydrogens is 366 g/mol. The first-order valence-electron chi connectivity index (χ1n) is 5.43. The highest BCUT2D eigenvalue weighted by Crippen LogP contribution is 2.58. The van der Waals surface area contributed by atoms with Crippen molar-refractivity contribution in [1.82, 2.24) is 0 Å². The van der Waals surface area contributed by atoms with Crippen LogP contribution in [-0.4, -0.2) is 53.8 Å². The predicted molar refractivity (Wildman–Crippen MR) is 50.4 cm³/mol. The molecule has 14 heteroatoms. The second-order valence-electron chi connectivity index (χ2n) is 4.50. The Morgan fingerprint density at radius 3 is 1.43 bits per heavy atom. The first kappa shape index (κ1) is 22.1. The van der Waals surface area contributed by atoms with Crippen LogP contribution in [-0.2, 0) is 0 Å². The third-order valence-corrected chi connectivity index (χ3v) is 2.69. The molecule has 0 fully saturated rings. The second kappa shape index (κ2) is 6.18. The van der Waals surface area contributed by atoms with Crippen molar-refractivity contribution in [3.8, 4) is 0 Å². The molecule has 0 spiro atoms. The Labute approximate surface area is 120 Å². The summed E-state index contributed by atoms with van der Waals surface area (Å²) in [5.74, 6) is -35.4. The fraction of sp³-hybridized carbons (Fsp3) is 1.00. The molecule has 0 aromatic carbocycles. The first-order chi connectivity index (χ1) is 9.90. The van der Waals surface area contributed by atoms with Crippen molar-refractivity contribution in [2.24, 2.45) is 5.73 Å². The second-order valence-corrected chi connectivity index (χ2v) is 4.50. The molecule has 0 aromatic heterocycles. The van der Waals surface area contributed by atoms with Crippen LogP contribution in [0.5, 0.6) is 0 Å². The number of nitrogens with two attached hydrogens (primary N) is 1. The molecule has 0 saturated carbocycles. The minimum atomic E-state index is -7.56. The highest BCUT2D eigenvalue weighted by atomic mass is 19.4. The molecule has 0 aliphatic rings. The van der Waals surface area contributed by atoms with Crippen molar-refractivity contribution in [2.45, 2.75) is 48.5 Å². The molecule has 0 amide bonds. The van der Waals surface area contributed by atoms with E-state index in [-0.39, 0.29) is 0 Å². The fourth-order valence-corrected chi connectivity index (χ4v) is 1.30. The van der Waals surface area contributed by atoms with Crippen LogP contribution >= 0.6 is 0 Å². The number of aliphatic hydroxyl groups is 1. The van der Waals surface area contributed by atoms with E-state index in [0.717, 1.165) is 0 Å². The summed E-state index contributed by atoms with van der Waals surface area (Å²) in [6, 6.07) is -2.30. The predicted octanol–water partition coefficient (Wildman–Crippen LogP) is 3.14. The third-order valence-electron chi connectivity index (χ3n) is 2.69. The molecular formula is C9H9F12NO. The monoisotopic (exact) mass is 375 g/mol. The Bertz CT molecular complexity index is 409. The fourth-order valence-electron chi connectivity index (χ4n) is 1.30. The number of hydrogen-bond acceptors (Lipinski definition) is 2. The summed E-state index contributed by atoms with van der Waals surface area (Å²) in [4.78, 5) is 0. The van der Waals surface area contributed by atoms with Gasteiger partial charge in [0.25, 0.3) is 0 Å². The Balaban J connectivity index is 5.96. The molecule has 0 radical (unpaired) electrons. The summed E-state index contributed by atoms with van der Waals surface area (Å²) >= 11 is 0. The minimum Gasteiger partial charge on any atom is -0.395 e. The molecule has 0 bridgehead atoms. The van der Waals surface area contributed by atoms with Crippen molar-refractivity contribution in [3.05, 3.63) is 0 Å². The number of hydrogen-bond donors (Lipinski definition) is 2. The zero-order valence-electron chi connectivity index (χ0n) is 10.6. The van der Waals surface area contributed by atoms with Crippen LogP contribution in [0.2, 0.25) is 0 Å². The van der Waals surface area contributed by atoms with Gasteiger partial charge in [-0.25, -0.2) is 8.78 Å².